The van der Waals surface area contributed by atoms with Crippen molar-refractivity contribution < 1.29 is 13.2 Å². The van der Waals surface area contributed by atoms with Gasteiger partial charge in [-0.05, 0) is 25.8 Å². The van der Waals surface area contributed by atoms with Crippen molar-refractivity contribution in [2.75, 3.05) is 19.6 Å². The number of hydrogen-bond acceptors (Lipinski definition) is 3. The zero-order chi connectivity index (χ0) is 12.9. The molecule has 0 aromatic rings. The summed E-state index contributed by atoms with van der Waals surface area (Å²) in [6.45, 7) is 2.00. The molecule has 0 spiro atoms. The maximum Gasteiger partial charge on any atom is 0.401 e. The summed E-state index contributed by atoms with van der Waals surface area (Å²) in [5.41, 5.74) is 0. The van der Waals surface area contributed by atoms with Gasteiger partial charge in [0.2, 0.25) is 0 Å². The van der Waals surface area contributed by atoms with Gasteiger partial charge in [0.25, 0.3) is 0 Å². The molecule has 0 aliphatic heterocycles. The fraction of sp³-hybridized carbons (Fsp3) is 0.909. The molecule has 1 aliphatic rings. The minimum atomic E-state index is -4.15. The summed E-state index contributed by atoms with van der Waals surface area (Å²) < 4.78 is 37.0. The summed E-state index contributed by atoms with van der Waals surface area (Å²) in [7, 11) is 0. The standard InChI is InChI=1S/C11H18F3N3/c1-2-16-9(7-15)5-6-17(10-3-4-10)8-11(12,13)14/h9-10,16H,2-6,8H2,1H3. The van der Waals surface area contributed by atoms with Gasteiger partial charge in [0.15, 0.2) is 0 Å². The molecule has 1 aliphatic carbocycles. The summed E-state index contributed by atoms with van der Waals surface area (Å²) in [5, 5.41) is 11.7. The molecular formula is C11H18F3N3. The van der Waals surface area contributed by atoms with E-state index in [9.17, 15) is 13.2 Å². The predicted octanol–water partition coefficient (Wildman–Crippen LogP) is 1.90. The van der Waals surface area contributed by atoms with Gasteiger partial charge < -0.3 is 5.32 Å². The third-order valence-corrected chi connectivity index (χ3v) is 2.76. The highest BCUT2D eigenvalue weighted by molar-refractivity contribution is 4.92. The fourth-order valence-corrected chi connectivity index (χ4v) is 1.81. The van der Waals surface area contributed by atoms with E-state index < -0.39 is 12.7 Å². The lowest BCUT2D eigenvalue weighted by atomic mass is 10.2. The SMILES string of the molecule is CCNC(C#N)CCN(CC(F)(F)F)C1CC1. The first kappa shape index (κ1) is 14.3. The van der Waals surface area contributed by atoms with E-state index in [4.69, 9.17) is 5.26 Å². The van der Waals surface area contributed by atoms with E-state index in [1.165, 1.54) is 4.90 Å². The van der Waals surface area contributed by atoms with Crippen LogP contribution in [0, 0.1) is 11.3 Å². The van der Waals surface area contributed by atoms with Crippen molar-refractivity contribution in [3.8, 4) is 6.07 Å². The van der Waals surface area contributed by atoms with Crippen molar-refractivity contribution in [3.63, 3.8) is 0 Å². The van der Waals surface area contributed by atoms with Crippen molar-refractivity contribution in [1.29, 1.82) is 5.26 Å². The predicted molar refractivity (Wildman–Crippen MR) is 58.3 cm³/mol. The molecule has 1 saturated carbocycles. The van der Waals surface area contributed by atoms with E-state index in [-0.39, 0.29) is 12.1 Å². The van der Waals surface area contributed by atoms with Crippen LogP contribution >= 0.6 is 0 Å². The zero-order valence-corrected chi connectivity index (χ0v) is 9.93. The van der Waals surface area contributed by atoms with Crippen LogP contribution < -0.4 is 5.32 Å². The molecule has 0 heterocycles. The monoisotopic (exact) mass is 249 g/mol. The molecule has 3 nitrogen and oxygen atoms in total. The van der Waals surface area contributed by atoms with Gasteiger partial charge in [-0.2, -0.15) is 18.4 Å². The number of nitrogens with zero attached hydrogens (tertiary/aromatic N) is 2. The molecule has 1 atom stereocenters. The molecule has 0 bridgehead atoms. The highest BCUT2D eigenvalue weighted by atomic mass is 19.4. The lowest BCUT2D eigenvalue weighted by molar-refractivity contribution is -0.147. The summed E-state index contributed by atoms with van der Waals surface area (Å²) in [6, 6.07) is 1.78. The van der Waals surface area contributed by atoms with Gasteiger partial charge in [0.1, 0.15) is 0 Å². The van der Waals surface area contributed by atoms with Gasteiger partial charge in [-0.15, -0.1) is 0 Å². The van der Waals surface area contributed by atoms with Crippen molar-refractivity contribution in [2.24, 2.45) is 0 Å². The number of alkyl halides is 3. The van der Waals surface area contributed by atoms with Gasteiger partial charge >= 0.3 is 6.18 Å². The molecule has 0 saturated heterocycles. The molecule has 98 valence electrons. The quantitative estimate of drug-likeness (QED) is 0.749. The Hall–Kier alpha value is -0.800. The first-order valence-corrected chi connectivity index (χ1v) is 5.90. The minimum Gasteiger partial charge on any atom is -0.302 e. The largest absolute Gasteiger partial charge is 0.401 e. The lowest BCUT2D eigenvalue weighted by Gasteiger charge is -2.24. The van der Waals surface area contributed by atoms with Crippen molar-refractivity contribution in [1.82, 2.24) is 10.2 Å². The Balaban J connectivity index is 2.37. The Kier molecular flexibility index (Phi) is 5.22. The second-order valence-corrected chi connectivity index (χ2v) is 4.34. The smallest absolute Gasteiger partial charge is 0.302 e. The minimum absolute atomic E-state index is 0.0672. The summed E-state index contributed by atoms with van der Waals surface area (Å²) in [6.07, 6.45) is -2.02. The van der Waals surface area contributed by atoms with Crippen LogP contribution in [0.5, 0.6) is 0 Å². The zero-order valence-electron chi connectivity index (χ0n) is 9.93. The third-order valence-electron chi connectivity index (χ3n) is 2.76. The molecule has 1 fully saturated rings. The Labute approximate surface area is 99.6 Å². The number of rotatable bonds is 7. The maximum absolute atomic E-state index is 12.3. The Morgan fingerprint density at radius 3 is 2.53 bits per heavy atom. The molecule has 0 amide bonds. The number of halogens is 3. The van der Waals surface area contributed by atoms with Crippen LogP contribution in [0.1, 0.15) is 26.2 Å². The third kappa shape index (κ3) is 5.89. The van der Waals surface area contributed by atoms with E-state index in [0.717, 1.165) is 12.8 Å². The number of nitrogens with one attached hydrogen (secondary N) is 1. The van der Waals surface area contributed by atoms with Gasteiger partial charge in [0.05, 0.1) is 18.7 Å². The molecule has 17 heavy (non-hydrogen) atoms. The Bertz CT molecular complexity index is 268. The van der Waals surface area contributed by atoms with Crippen LogP contribution in [0.4, 0.5) is 13.2 Å². The highest BCUT2D eigenvalue weighted by Gasteiger charge is 2.37. The van der Waals surface area contributed by atoms with E-state index in [1.54, 1.807) is 0 Å². The van der Waals surface area contributed by atoms with Gasteiger partial charge in [0, 0.05) is 12.6 Å². The van der Waals surface area contributed by atoms with E-state index in [0.29, 0.717) is 19.5 Å². The van der Waals surface area contributed by atoms with Gasteiger partial charge in [-0.1, -0.05) is 6.92 Å². The molecule has 1 rings (SSSR count). The van der Waals surface area contributed by atoms with E-state index >= 15 is 0 Å². The Morgan fingerprint density at radius 2 is 2.12 bits per heavy atom. The second kappa shape index (κ2) is 6.22. The van der Waals surface area contributed by atoms with Gasteiger partial charge in [-0.3, -0.25) is 4.90 Å². The number of hydrogen-bond donors (Lipinski definition) is 1. The molecule has 0 aromatic heterocycles. The summed E-state index contributed by atoms with van der Waals surface area (Å²) >= 11 is 0. The second-order valence-electron chi connectivity index (χ2n) is 4.34. The van der Waals surface area contributed by atoms with Crippen LogP contribution in [0.3, 0.4) is 0 Å². The number of nitriles is 1. The first-order valence-electron chi connectivity index (χ1n) is 5.90. The van der Waals surface area contributed by atoms with Crippen molar-refractivity contribution in [2.45, 2.75) is 44.4 Å². The lowest BCUT2D eigenvalue weighted by Crippen LogP contribution is -2.39. The summed E-state index contributed by atoms with van der Waals surface area (Å²) in [5.74, 6) is 0. The van der Waals surface area contributed by atoms with Crippen molar-refractivity contribution >= 4 is 0 Å². The van der Waals surface area contributed by atoms with Crippen LogP contribution in [0.2, 0.25) is 0 Å². The molecular weight excluding hydrogens is 231 g/mol. The summed E-state index contributed by atoms with van der Waals surface area (Å²) in [4.78, 5) is 1.45. The topological polar surface area (TPSA) is 39.1 Å². The van der Waals surface area contributed by atoms with Gasteiger partial charge in [-0.25, -0.2) is 0 Å². The fourth-order valence-electron chi connectivity index (χ4n) is 1.81. The van der Waals surface area contributed by atoms with Crippen LogP contribution in [0.25, 0.3) is 0 Å². The Morgan fingerprint density at radius 1 is 1.47 bits per heavy atom. The highest BCUT2D eigenvalue weighted by Crippen LogP contribution is 2.30. The average Bonchev–Trinajstić information content (AvgIpc) is 3.04. The molecule has 0 aromatic carbocycles. The van der Waals surface area contributed by atoms with Crippen LogP contribution in [-0.2, 0) is 0 Å². The van der Waals surface area contributed by atoms with Crippen LogP contribution in [0.15, 0.2) is 0 Å². The van der Waals surface area contributed by atoms with Crippen LogP contribution in [-0.4, -0.2) is 42.8 Å². The molecule has 6 heteroatoms. The van der Waals surface area contributed by atoms with E-state index in [2.05, 4.69) is 11.4 Å². The average molecular weight is 249 g/mol. The first-order chi connectivity index (χ1) is 7.96. The molecule has 1 N–H and O–H groups in total. The normalized spacial score (nSPS) is 18.1. The molecule has 0 radical (unpaired) electrons. The van der Waals surface area contributed by atoms with E-state index in [1.807, 2.05) is 6.92 Å². The van der Waals surface area contributed by atoms with Crippen molar-refractivity contribution in [3.05, 3.63) is 0 Å². The molecule has 1 unspecified atom stereocenters. The maximum atomic E-state index is 12.3.